The molecule has 3 nitrogen and oxygen atoms in total. The second-order valence-corrected chi connectivity index (χ2v) is 4.73. The molecule has 0 amide bonds. The van der Waals surface area contributed by atoms with Crippen LogP contribution in [0.25, 0.3) is 6.08 Å². The van der Waals surface area contributed by atoms with Gasteiger partial charge in [-0.3, -0.25) is 0 Å². The first-order valence-electron chi connectivity index (χ1n) is 5.09. The number of halogens is 1. The summed E-state index contributed by atoms with van der Waals surface area (Å²) in [6.45, 7) is 0.437. The summed E-state index contributed by atoms with van der Waals surface area (Å²) < 4.78 is 11.7. The molecular formula is C12H9BrO3. The Morgan fingerprint density at radius 2 is 2.25 bits per heavy atom. The van der Waals surface area contributed by atoms with Crippen molar-refractivity contribution in [1.82, 2.24) is 0 Å². The molecule has 1 aromatic carbocycles. The van der Waals surface area contributed by atoms with Crippen LogP contribution >= 0.6 is 15.9 Å². The molecule has 2 aliphatic heterocycles. The van der Waals surface area contributed by atoms with E-state index in [9.17, 15) is 4.79 Å². The molecule has 0 aliphatic carbocycles. The van der Waals surface area contributed by atoms with Gasteiger partial charge in [-0.15, -0.1) is 0 Å². The molecule has 0 aromatic heterocycles. The van der Waals surface area contributed by atoms with Crippen LogP contribution < -0.4 is 4.74 Å². The van der Waals surface area contributed by atoms with Crippen LogP contribution in [-0.2, 0) is 9.53 Å². The van der Waals surface area contributed by atoms with E-state index in [0.717, 1.165) is 22.2 Å². The van der Waals surface area contributed by atoms with Gasteiger partial charge in [0.05, 0.1) is 12.2 Å². The van der Waals surface area contributed by atoms with Crippen LogP contribution in [0, 0.1) is 0 Å². The van der Waals surface area contributed by atoms with Crippen LogP contribution in [0.15, 0.2) is 28.2 Å². The van der Waals surface area contributed by atoms with Gasteiger partial charge in [-0.05, 0) is 24.3 Å². The van der Waals surface area contributed by atoms with E-state index >= 15 is 0 Å². The van der Waals surface area contributed by atoms with Gasteiger partial charge in [0.2, 0.25) is 0 Å². The van der Waals surface area contributed by atoms with Gasteiger partial charge in [0.25, 0.3) is 0 Å². The molecule has 1 aromatic rings. The van der Waals surface area contributed by atoms with Gasteiger partial charge in [0.1, 0.15) is 11.9 Å². The van der Waals surface area contributed by atoms with Crippen molar-refractivity contribution in [3.63, 3.8) is 0 Å². The van der Waals surface area contributed by atoms with Crippen LogP contribution in [-0.4, -0.2) is 18.7 Å². The first-order chi connectivity index (χ1) is 7.74. The molecule has 0 N–H and O–H groups in total. The minimum absolute atomic E-state index is 0.144. The molecule has 0 bridgehead atoms. The molecular weight excluding hydrogens is 272 g/mol. The molecule has 1 saturated heterocycles. The summed E-state index contributed by atoms with van der Waals surface area (Å²) >= 11 is 3.39. The molecule has 16 heavy (non-hydrogen) atoms. The lowest BCUT2D eigenvalue weighted by Crippen LogP contribution is -2.34. The number of rotatable bonds is 0. The topological polar surface area (TPSA) is 35.5 Å². The van der Waals surface area contributed by atoms with E-state index < -0.39 is 0 Å². The summed E-state index contributed by atoms with van der Waals surface area (Å²) in [5, 5.41) is 0. The molecule has 2 heterocycles. The maximum Gasteiger partial charge on any atom is 0.337 e. The van der Waals surface area contributed by atoms with Gasteiger partial charge in [0.15, 0.2) is 0 Å². The molecule has 0 saturated carbocycles. The Kier molecular flexibility index (Phi) is 2.24. The van der Waals surface area contributed by atoms with Gasteiger partial charge in [-0.2, -0.15) is 0 Å². The molecule has 4 heteroatoms. The average Bonchev–Trinajstić information content (AvgIpc) is 2.28. The fraction of sp³-hybridized carbons (Fsp3) is 0.250. The molecule has 2 aliphatic rings. The molecule has 1 fully saturated rings. The third-order valence-electron chi connectivity index (χ3n) is 2.75. The average molecular weight is 281 g/mol. The van der Waals surface area contributed by atoms with E-state index in [4.69, 9.17) is 9.47 Å². The SMILES string of the molecule is O=C1OCCC2Oc3ccc(Br)cc3C=C12. The smallest absolute Gasteiger partial charge is 0.337 e. The van der Waals surface area contributed by atoms with Crippen molar-refractivity contribution in [1.29, 1.82) is 0 Å². The van der Waals surface area contributed by atoms with Crippen molar-refractivity contribution in [2.45, 2.75) is 12.5 Å². The number of hydrogen-bond donors (Lipinski definition) is 0. The second-order valence-electron chi connectivity index (χ2n) is 3.81. The number of hydrogen-bond acceptors (Lipinski definition) is 3. The summed E-state index contributed by atoms with van der Waals surface area (Å²) in [5.74, 6) is 0.563. The fourth-order valence-electron chi connectivity index (χ4n) is 1.96. The number of carbonyl (C=O) groups is 1. The Balaban J connectivity index is 2.09. The number of fused-ring (bicyclic) bond motifs is 2. The molecule has 82 valence electrons. The highest BCUT2D eigenvalue weighted by molar-refractivity contribution is 9.10. The Morgan fingerprint density at radius 3 is 3.12 bits per heavy atom. The Bertz CT molecular complexity index is 493. The zero-order valence-electron chi connectivity index (χ0n) is 8.40. The van der Waals surface area contributed by atoms with Gasteiger partial charge >= 0.3 is 5.97 Å². The first-order valence-corrected chi connectivity index (χ1v) is 5.88. The van der Waals surface area contributed by atoms with Crippen molar-refractivity contribution in [3.05, 3.63) is 33.8 Å². The van der Waals surface area contributed by atoms with E-state index in [-0.39, 0.29) is 12.1 Å². The number of benzene rings is 1. The highest BCUT2D eigenvalue weighted by atomic mass is 79.9. The van der Waals surface area contributed by atoms with Crippen LogP contribution in [0.2, 0.25) is 0 Å². The largest absolute Gasteiger partial charge is 0.485 e. The summed E-state index contributed by atoms with van der Waals surface area (Å²) in [6.07, 6.45) is 2.44. The van der Waals surface area contributed by atoms with Crippen LogP contribution in [0.4, 0.5) is 0 Å². The van der Waals surface area contributed by atoms with Gasteiger partial charge in [-0.1, -0.05) is 15.9 Å². The summed E-state index contributed by atoms with van der Waals surface area (Å²) in [4.78, 5) is 11.5. The highest BCUT2D eigenvalue weighted by Crippen LogP contribution is 2.34. The number of cyclic esters (lactones) is 1. The summed E-state index contributed by atoms with van der Waals surface area (Å²) in [5.41, 5.74) is 1.54. The monoisotopic (exact) mass is 280 g/mol. The lowest BCUT2D eigenvalue weighted by atomic mass is 9.98. The van der Waals surface area contributed by atoms with Crippen molar-refractivity contribution in [2.75, 3.05) is 6.61 Å². The minimum Gasteiger partial charge on any atom is -0.485 e. The number of esters is 1. The first kappa shape index (κ1) is 9.90. The van der Waals surface area contributed by atoms with Gasteiger partial charge in [0, 0.05) is 16.5 Å². The fourth-order valence-corrected chi connectivity index (χ4v) is 2.34. The number of carbonyl (C=O) groups excluding carboxylic acids is 1. The predicted molar refractivity (Wildman–Crippen MR) is 62.1 cm³/mol. The van der Waals surface area contributed by atoms with Crippen LogP contribution in [0.3, 0.4) is 0 Å². The van der Waals surface area contributed by atoms with Crippen molar-refractivity contribution < 1.29 is 14.3 Å². The zero-order chi connectivity index (χ0) is 11.1. The van der Waals surface area contributed by atoms with Crippen LogP contribution in [0.5, 0.6) is 5.75 Å². The molecule has 0 radical (unpaired) electrons. The van der Waals surface area contributed by atoms with E-state index in [0.29, 0.717) is 12.2 Å². The maximum absolute atomic E-state index is 11.5. The highest BCUT2D eigenvalue weighted by Gasteiger charge is 2.32. The third-order valence-corrected chi connectivity index (χ3v) is 3.24. The quantitative estimate of drug-likeness (QED) is 0.685. The normalized spacial score (nSPS) is 22.4. The Hall–Kier alpha value is -1.29. The lowest BCUT2D eigenvalue weighted by molar-refractivity contribution is -0.143. The van der Waals surface area contributed by atoms with Gasteiger partial charge < -0.3 is 9.47 Å². The van der Waals surface area contributed by atoms with Gasteiger partial charge in [-0.25, -0.2) is 4.79 Å². The standard InChI is InChI=1S/C12H9BrO3/c13-8-1-2-10-7(5-8)6-9-11(16-10)3-4-15-12(9)14/h1-2,5-6,11H,3-4H2. The Labute approximate surface area is 101 Å². The molecule has 1 atom stereocenters. The van der Waals surface area contributed by atoms with E-state index in [1.54, 1.807) is 0 Å². The molecule has 0 spiro atoms. The van der Waals surface area contributed by atoms with Crippen molar-refractivity contribution in [3.8, 4) is 5.75 Å². The van der Waals surface area contributed by atoms with E-state index in [1.165, 1.54) is 0 Å². The van der Waals surface area contributed by atoms with Crippen molar-refractivity contribution in [2.24, 2.45) is 0 Å². The summed E-state index contributed by atoms with van der Waals surface area (Å²) in [6, 6.07) is 5.77. The summed E-state index contributed by atoms with van der Waals surface area (Å²) in [7, 11) is 0. The molecule has 3 rings (SSSR count). The second kappa shape index (κ2) is 3.63. The minimum atomic E-state index is -0.262. The molecule has 1 unspecified atom stereocenters. The third kappa shape index (κ3) is 1.53. The van der Waals surface area contributed by atoms with Crippen LogP contribution in [0.1, 0.15) is 12.0 Å². The van der Waals surface area contributed by atoms with E-state index in [1.807, 2.05) is 24.3 Å². The Morgan fingerprint density at radius 1 is 1.38 bits per heavy atom. The lowest BCUT2D eigenvalue weighted by Gasteiger charge is -2.29. The maximum atomic E-state index is 11.5. The van der Waals surface area contributed by atoms with E-state index in [2.05, 4.69) is 15.9 Å². The predicted octanol–water partition coefficient (Wildman–Crippen LogP) is 2.54. The zero-order valence-corrected chi connectivity index (χ0v) is 9.99. The number of ether oxygens (including phenoxy) is 2. The van der Waals surface area contributed by atoms with Crippen molar-refractivity contribution >= 4 is 28.0 Å².